The van der Waals surface area contributed by atoms with Gasteiger partial charge in [-0.25, -0.2) is 4.98 Å². The predicted molar refractivity (Wildman–Crippen MR) is 93.0 cm³/mol. The van der Waals surface area contributed by atoms with Gasteiger partial charge in [0.2, 0.25) is 0 Å². The first-order valence-electron chi connectivity index (χ1n) is 7.96. The zero-order valence-electron chi connectivity index (χ0n) is 13.7. The molecular formula is C20H22N2O. The average Bonchev–Trinajstić information content (AvgIpc) is 2.94. The first kappa shape index (κ1) is 15.3. The van der Waals surface area contributed by atoms with Crippen molar-refractivity contribution in [1.82, 2.24) is 9.97 Å². The summed E-state index contributed by atoms with van der Waals surface area (Å²) in [5.74, 6) is 1.99. The van der Waals surface area contributed by atoms with Crippen LogP contribution in [0.1, 0.15) is 28.3 Å². The average molecular weight is 306 g/mol. The van der Waals surface area contributed by atoms with Crippen LogP contribution in [-0.4, -0.2) is 17.1 Å². The lowest BCUT2D eigenvalue weighted by Crippen LogP contribution is -1.97. The Morgan fingerprint density at radius 2 is 1.70 bits per heavy atom. The number of methoxy groups -OCH3 is 1. The topological polar surface area (TPSA) is 37.9 Å². The van der Waals surface area contributed by atoms with Gasteiger partial charge in [0.1, 0.15) is 11.6 Å². The Morgan fingerprint density at radius 1 is 0.957 bits per heavy atom. The predicted octanol–water partition coefficient (Wildman–Crippen LogP) is 4.10. The molecular weight excluding hydrogens is 284 g/mol. The molecule has 0 spiro atoms. The minimum Gasteiger partial charge on any atom is -0.496 e. The molecule has 0 aliphatic rings. The Morgan fingerprint density at radius 3 is 2.48 bits per heavy atom. The van der Waals surface area contributed by atoms with Crippen molar-refractivity contribution < 1.29 is 4.74 Å². The summed E-state index contributed by atoms with van der Waals surface area (Å²) in [6.45, 7) is 2.10. The smallest absolute Gasteiger partial charge is 0.122 e. The fourth-order valence-electron chi connectivity index (χ4n) is 2.81. The molecule has 3 heteroatoms. The van der Waals surface area contributed by atoms with Crippen LogP contribution in [-0.2, 0) is 19.3 Å². The van der Waals surface area contributed by atoms with Gasteiger partial charge >= 0.3 is 0 Å². The quantitative estimate of drug-likeness (QED) is 0.744. The first-order valence-corrected chi connectivity index (χ1v) is 7.96. The summed E-state index contributed by atoms with van der Waals surface area (Å²) in [5, 5.41) is 0. The van der Waals surface area contributed by atoms with E-state index in [1.807, 2.05) is 24.3 Å². The van der Waals surface area contributed by atoms with Crippen molar-refractivity contribution >= 4 is 0 Å². The van der Waals surface area contributed by atoms with Crippen LogP contribution in [0.25, 0.3) is 0 Å². The second kappa shape index (κ2) is 7.14. The number of nitrogens with one attached hydrogen (secondary N) is 1. The van der Waals surface area contributed by atoms with E-state index in [-0.39, 0.29) is 0 Å². The summed E-state index contributed by atoms with van der Waals surface area (Å²) in [6.07, 6.45) is 2.68. The van der Waals surface area contributed by atoms with E-state index in [9.17, 15) is 0 Å². The lowest BCUT2D eigenvalue weighted by molar-refractivity contribution is 0.409. The fourth-order valence-corrected chi connectivity index (χ4v) is 2.81. The first-order chi connectivity index (χ1) is 11.3. The van der Waals surface area contributed by atoms with Crippen LogP contribution in [0.3, 0.4) is 0 Å². The fraction of sp³-hybridized carbons (Fsp3) is 0.250. The molecule has 0 fully saturated rings. The van der Waals surface area contributed by atoms with E-state index in [1.165, 1.54) is 11.1 Å². The molecule has 23 heavy (non-hydrogen) atoms. The SMILES string of the molecule is COc1ccccc1CCc1nc(Cc2ccccc2)c(C)[nH]1. The van der Waals surface area contributed by atoms with E-state index in [4.69, 9.17) is 9.72 Å². The summed E-state index contributed by atoms with van der Waals surface area (Å²) in [6, 6.07) is 18.6. The van der Waals surface area contributed by atoms with Crippen molar-refractivity contribution in [2.24, 2.45) is 0 Å². The Kier molecular flexibility index (Phi) is 4.77. The normalized spacial score (nSPS) is 10.7. The lowest BCUT2D eigenvalue weighted by Gasteiger charge is -2.06. The molecule has 0 saturated heterocycles. The van der Waals surface area contributed by atoms with Gasteiger partial charge < -0.3 is 9.72 Å². The minimum atomic E-state index is 0.873. The Labute approximate surface area is 137 Å². The van der Waals surface area contributed by atoms with E-state index in [2.05, 4.69) is 42.2 Å². The summed E-state index contributed by atoms with van der Waals surface area (Å²) in [5.41, 5.74) is 4.79. The molecule has 3 aromatic rings. The monoisotopic (exact) mass is 306 g/mol. The van der Waals surface area contributed by atoms with Gasteiger partial charge in [-0.3, -0.25) is 0 Å². The molecule has 0 saturated carbocycles. The van der Waals surface area contributed by atoms with Crippen molar-refractivity contribution in [3.8, 4) is 5.75 Å². The van der Waals surface area contributed by atoms with E-state index >= 15 is 0 Å². The minimum absolute atomic E-state index is 0.873. The maximum atomic E-state index is 5.41. The lowest BCUT2D eigenvalue weighted by atomic mass is 10.1. The van der Waals surface area contributed by atoms with E-state index in [0.29, 0.717) is 0 Å². The highest BCUT2D eigenvalue weighted by Gasteiger charge is 2.09. The molecule has 3 rings (SSSR count). The van der Waals surface area contributed by atoms with Crippen molar-refractivity contribution in [3.63, 3.8) is 0 Å². The zero-order chi connectivity index (χ0) is 16.1. The van der Waals surface area contributed by atoms with Crippen LogP contribution in [0.2, 0.25) is 0 Å². The highest BCUT2D eigenvalue weighted by molar-refractivity contribution is 5.33. The number of benzene rings is 2. The number of aromatic nitrogens is 2. The molecule has 0 aliphatic carbocycles. The Balaban J connectivity index is 1.69. The standard InChI is InChI=1S/C20H22N2O/c1-15-18(14-16-8-4-3-5-9-16)22-20(21-15)13-12-17-10-6-7-11-19(17)23-2/h3-11H,12-14H2,1-2H3,(H,21,22). The van der Waals surface area contributed by atoms with Gasteiger partial charge in [0.25, 0.3) is 0 Å². The number of rotatable bonds is 6. The maximum Gasteiger partial charge on any atom is 0.122 e. The van der Waals surface area contributed by atoms with Crippen LogP contribution >= 0.6 is 0 Å². The number of ether oxygens (including phenoxy) is 1. The maximum absolute atomic E-state index is 5.41. The summed E-state index contributed by atoms with van der Waals surface area (Å²) in [4.78, 5) is 8.20. The molecule has 1 heterocycles. The molecule has 118 valence electrons. The van der Waals surface area contributed by atoms with Gasteiger partial charge in [0, 0.05) is 18.5 Å². The van der Waals surface area contributed by atoms with Crippen LogP contribution in [0.4, 0.5) is 0 Å². The molecule has 0 aliphatic heterocycles. The third-order valence-corrected chi connectivity index (χ3v) is 4.07. The summed E-state index contributed by atoms with van der Waals surface area (Å²) >= 11 is 0. The zero-order valence-corrected chi connectivity index (χ0v) is 13.7. The van der Waals surface area contributed by atoms with Crippen LogP contribution in [0.5, 0.6) is 5.75 Å². The molecule has 1 N–H and O–H groups in total. The van der Waals surface area contributed by atoms with Crippen molar-refractivity contribution in [1.29, 1.82) is 0 Å². The van der Waals surface area contributed by atoms with Gasteiger partial charge in [-0.15, -0.1) is 0 Å². The van der Waals surface area contributed by atoms with Gasteiger partial charge in [-0.05, 0) is 30.5 Å². The Hall–Kier alpha value is -2.55. The molecule has 3 nitrogen and oxygen atoms in total. The van der Waals surface area contributed by atoms with Crippen LogP contribution in [0.15, 0.2) is 54.6 Å². The van der Waals surface area contributed by atoms with Gasteiger partial charge in [-0.1, -0.05) is 48.5 Å². The molecule has 2 aromatic carbocycles. The summed E-state index contributed by atoms with van der Waals surface area (Å²) < 4.78 is 5.41. The van der Waals surface area contributed by atoms with Crippen molar-refractivity contribution in [2.75, 3.05) is 7.11 Å². The summed E-state index contributed by atoms with van der Waals surface area (Å²) in [7, 11) is 1.72. The molecule has 0 radical (unpaired) electrons. The molecule has 0 amide bonds. The number of para-hydroxylation sites is 1. The highest BCUT2D eigenvalue weighted by Crippen LogP contribution is 2.19. The molecule has 0 bridgehead atoms. The van der Waals surface area contributed by atoms with Gasteiger partial charge in [0.05, 0.1) is 12.8 Å². The number of H-pyrrole nitrogens is 1. The number of aromatic amines is 1. The number of imidazole rings is 1. The van der Waals surface area contributed by atoms with E-state index in [1.54, 1.807) is 7.11 Å². The van der Waals surface area contributed by atoms with Crippen LogP contribution in [0, 0.1) is 6.92 Å². The number of hydrogen-bond acceptors (Lipinski definition) is 2. The second-order valence-corrected chi connectivity index (χ2v) is 5.73. The number of aryl methyl sites for hydroxylation is 3. The number of hydrogen-bond donors (Lipinski definition) is 1. The Bertz CT molecular complexity index is 762. The van der Waals surface area contributed by atoms with E-state index < -0.39 is 0 Å². The molecule has 0 unspecified atom stereocenters. The van der Waals surface area contributed by atoms with Crippen molar-refractivity contribution in [3.05, 3.63) is 82.9 Å². The molecule has 0 atom stereocenters. The van der Waals surface area contributed by atoms with Gasteiger partial charge in [-0.2, -0.15) is 0 Å². The second-order valence-electron chi connectivity index (χ2n) is 5.73. The van der Waals surface area contributed by atoms with Crippen LogP contribution < -0.4 is 4.74 Å². The van der Waals surface area contributed by atoms with E-state index in [0.717, 1.165) is 42.2 Å². The number of nitrogens with zero attached hydrogens (tertiary/aromatic N) is 1. The molecule has 1 aromatic heterocycles. The highest BCUT2D eigenvalue weighted by atomic mass is 16.5. The largest absolute Gasteiger partial charge is 0.496 e. The third-order valence-electron chi connectivity index (χ3n) is 4.07. The third kappa shape index (κ3) is 3.81. The van der Waals surface area contributed by atoms with Gasteiger partial charge in [0.15, 0.2) is 0 Å². The van der Waals surface area contributed by atoms with Crippen molar-refractivity contribution in [2.45, 2.75) is 26.2 Å².